The predicted molar refractivity (Wildman–Crippen MR) is 95.7 cm³/mol. The van der Waals surface area contributed by atoms with E-state index < -0.39 is 5.41 Å². The van der Waals surface area contributed by atoms with E-state index in [0.717, 1.165) is 17.3 Å². The van der Waals surface area contributed by atoms with Crippen LogP contribution >= 0.6 is 27.5 Å². The number of alkyl halides is 1. The molecule has 1 aromatic rings. The van der Waals surface area contributed by atoms with Crippen molar-refractivity contribution in [2.24, 2.45) is 5.41 Å². The average Bonchev–Trinajstić information content (AvgIpc) is 2.55. The van der Waals surface area contributed by atoms with Crippen LogP contribution in [0.1, 0.15) is 37.0 Å². The van der Waals surface area contributed by atoms with Gasteiger partial charge in [0.05, 0.1) is 5.41 Å². The molecular formula is C17H22BrClN2O2. The molecule has 0 unspecified atom stereocenters. The van der Waals surface area contributed by atoms with Gasteiger partial charge in [0, 0.05) is 35.0 Å². The molecule has 1 heterocycles. The monoisotopic (exact) mass is 400 g/mol. The largest absolute Gasteiger partial charge is 0.349 e. The molecule has 126 valence electrons. The first-order valence-electron chi connectivity index (χ1n) is 7.75. The average molecular weight is 402 g/mol. The zero-order chi connectivity index (χ0) is 17.0. The van der Waals surface area contributed by atoms with Gasteiger partial charge in [-0.05, 0) is 44.9 Å². The molecule has 23 heavy (non-hydrogen) atoms. The molecule has 0 radical (unpaired) electrons. The Labute approximate surface area is 150 Å². The zero-order valence-electron chi connectivity index (χ0n) is 13.4. The maximum absolute atomic E-state index is 12.4. The van der Waals surface area contributed by atoms with Crippen LogP contribution in [-0.2, 0) is 4.79 Å². The fraction of sp³-hybridized carbons (Fsp3) is 0.529. The lowest BCUT2D eigenvalue weighted by molar-refractivity contribution is -0.140. The third-order valence-electron chi connectivity index (χ3n) is 4.12. The molecular weight excluding hydrogens is 380 g/mol. The first-order valence-corrected chi connectivity index (χ1v) is 9.08. The van der Waals surface area contributed by atoms with Crippen LogP contribution in [0.25, 0.3) is 0 Å². The molecule has 2 rings (SSSR count). The standard InChI is InChI=1S/C17H22BrClN2O2/c1-17(2,11-19)16(23)21-8-6-14(7-9-21)20-15(22)12-4-3-5-13(18)10-12/h3-5,10,14H,6-9,11H2,1-2H3,(H,20,22). The summed E-state index contributed by atoms with van der Waals surface area (Å²) in [5, 5.41) is 3.05. The van der Waals surface area contributed by atoms with Crippen molar-refractivity contribution < 1.29 is 9.59 Å². The number of nitrogens with one attached hydrogen (secondary N) is 1. The summed E-state index contributed by atoms with van der Waals surface area (Å²) in [6.07, 6.45) is 1.54. The Hall–Kier alpha value is -1.07. The van der Waals surface area contributed by atoms with Gasteiger partial charge in [0.1, 0.15) is 0 Å². The molecule has 1 fully saturated rings. The van der Waals surface area contributed by atoms with E-state index in [0.29, 0.717) is 24.5 Å². The summed E-state index contributed by atoms with van der Waals surface area (Å²) in [6.45, 7) is 5.04. The van der Waals surface area contributed by atoms with Gasteiger partial charge < -0.3 is 10.2 Å². The summed E-state index contributed by atoms with van der Waals surface area (Å²) in [4.78, 5) is 26.5. The number of likely N-dealkylation sites (tertiary alicyclic amines) is 1. The molecule has 1 saturated heterocycles. The molecule has 1 N–H and O–H groups in total. The van der Waals surface area contributed by atoms with Gasteiger partial charge in [0.15, 0.2) is 0 Å². The quantitative estimate of drug-likeness (QED) is 0.786. The van der Waals surface area contributed by atoms with Crippen LogP contribution in [0, 0.1) is 5.41 Å². The van der Waals surface area contributed by atoms with Crippen LogP contribution in [0.5, 0.6) is 0 Å². The number of halogens is 2. The third-order valence-corrected chi connectivity index (χ3v) is 5.28. The van der Waals surface area contributed by atoms with Gasteiger partial charge in [-0.3, -0.25) is 9.59 Å². The molecule has 6 heteroatoms. The number of benzene rings is 1. The minimum absolute atomic E-state index is 0.0721. The molecule has 1 aliphatic heterocycles. The number of nitrogens with zero attached hydrogens (tertiary/aromatic N) is 1. The van der Waals surface area contributed by atoms with Gasteiger partial charge in [-0.25, -0.2) is 0 Å². The van der Waals surface area contributed by atoms with Gasteiger partial charge >= 0.3 is 0 Å². The highest BCUT2D eigenvalue weighted by molar-refractivity contribution is 9.10. The molecule has 0 aromatic heterocycles. The molecule has 0 bridgehead atoms. The van der Waals surface area contributed by atoms with E-state index in [4.69, 9.17) is 11.6 Å². The summed E-state index contributed by atoms with van der Waals surface area (Å²) in [7, 11) is 0. The second-order valence-electron chi connectivity index (χ2n) is 6.57. The fourth-order valence-corrected chi connectivity index (χ4v) is 3.12. The van der Waals surface area contributed by atoms with E-state index in [-0.39, 0.29) is 17.9 Å². The van der Waals surface area contributed by atoms with Crippen LogP contribution < -0.4 is 5.32 Å². The predicted octanol–water partition coefficient (Wildman–Crippen LogP) is 3.43. The van der Waals surface area contributed by atoms with Gasteiger partial charge in [0.25, 0.3) is 5.91 Å². The number of rotatable bonds is 4. The Morgan fingerprint density at radius 3 is 2.57 bits per heavy atom. The number of hydrogen-bond acceptors (Lipinski definition) is 2. The van der Waals surface area contributed by atoms with E-state index in [9.17, 15) is 9.59 Å². The number of hydrogen-bond donors (Lipinski definition) is 1. The highest BCUT2D eigenvalue weighted by Crippen LogP contribution is 2.23. The van der Waals surface area contributed by atoms with Crippen LogP contribution in [0.15, 0.2) is 28.7 Å². The molecule has 4 nitrogen and oxygen atoms in total. The van der Waals surface area contributed by atoms with E-state index in [1.807, 2.05) is 30.9 Å². The minimum atomic E-state index is -0.534. The number of carbonyl (C=O) groups is 2. The van der Waals surface area contributed by atoms with Crippen molar-refractivity contribution in [1.29, 1.82) is 0 Å². The topological polar surface area (TPSA) is 49.4 Å². The maximum atomic E-state index is 12.4. The normalized spacial score (nSPS) is 16.3. The highest BCUT2D eigenvalue weighted by Gasteiger charge is 2.33. The molecule has 1 aliphatic rings. The SMILES string of the molecule is CC(C)(CCl)C(=O)N1CCC(NC(=O)c2cccc(Br)c2)CC1. The van der Waals surface area contributed by atoms with Gasteiger partial charge in [0.2, 0.25) is 5.91 Å². The lowest BCUT2D eigenvalue weighted by atomic mass is 9.92. The van der Waals surface area contributed by atoms with Crippen LogP contribution in [0.2, 0.25) is 0 Å². The Morgan fingerprint density at radius 1 is 1.35 bits per heavy atom. The molecule has 0 aliphatic carbocycles. The summed E-state index contributed by atoms with van der Waals surface area (Å²) in [6, 6.07) is 7.43. The summed E-state index contributed by atoms with van der Waals surface area (Å²) in [5.41, 5.74) is 0.106. The minimum Gasteiger partial charge on any atom is -0.349 e. The van der Waals surface area contributed by atoms with Gasteiger partial charge in [-0.1, -0.05) is 22.0 Å². The third kappa shape index (κ3) is 4.70. The van der Waals surface area contributed by atoms with Gasteiger partial charge in [-0.15, -0.1) is 11.6 Å². The zero-order valence-corrected chi connectivity index (χ0v) is 15.8. The number of piperidine rings is 1. The smallest absolute Gasteiger partial charge is 0.251 e. The van der Waals surface area contributed by atoms with Crippen LogP contribution in [0.3, 0.4) is 0 Å². The Kier molecular flexibility index (Phi) is 6.09. The number of amides is 2. The first-order chi connectivity index (χ1) is 10.8. The number of carbonyl (C=O) groups excluding carboxylic acids is 2. The van der Waals surface area contributed by atoms with E-state index in [1.165, 1.54) is 0 Å². The van der Waals surface area contributed by atoms with Crippen molar-refractivity contribution >= 4 is 39.3 Å². The van der Waals surface area contributed by atoms with E-state index in [2.05, 4.69) is 21.2 Å². The molecule has 0 saturated carbocycles. The summed E-state index contributed by atoms with van der Waals surface area (Å²) < 4.78 is 0.883. The lowest BCUT2D eigenvalue weighted by Crippen LogP contribution is -2.50. The lowest BCUT2D eigenvalue weighted by Gasteiger charge is -2.36. The Bertz CT molecular complexity index is 584. The van der Waals surface area contributed by atoms with Crippen LogP contribution in [0.4, 0.5) is 0 Å². The summed E-state index contributed by atoms with van der Waals surface area (Å²) >= 11 is 9.25. The molecule has 1 aromatic carbocycles. The van der Waals surface area contributed by atoms with Crippen molar-refractivity contribution in [2.75, 3.05) is 19.0 Å². The van der Waals surface area contributed by atoms with Crippen molar-refractivity contribution in [3.8, 4) is 0 Å². The van der Waals surface area contributed by atoms with Crippen molar-refractivity contribution in [2.45, 2.75) is 32.7 Å². The van der Waals surface area contributed by atoms with E-state index in [1.54, 1.807) is 12.1 Å². The molecule has 0 atom stereocenters. The molecule has 2 amide bonds. The highest BCUT2D eigenvalue weighted by atomic mass is 79.9. The van der Waals surface area contributed by atoms with Gasteiger partial charge in [-0.2, -0.15) is 0 Å². The van der Waals surface area contributed by atoms with Crippen molar-refractivity contribution in [3.05, 3.63) is 34.3 Å². The van der Waals surface area contributed by atoms with Crippen molar-refractivity contribution in [1.82, 2.24) is 10.2 Å². The van der Waals surface area contributed by atoms with Crippen LogP contribution in [-0.4, -0.2) is 41.7 Å². The Morgan fingerprint density at radius 2 is 2.00 bits per heavy atom. The van der Waals surface area contributed by atoms with Crippen molar-refractivity contribution in [3.63, 3.8) is 0 Å². The maximum Gasteiger partial charge on any atom is 0.251 e. The summed E-state index contributed by atoms with van der Waals surface area (Å²) in [5.74, 6) is 0.326. The Balaban J connectivity index is 1.88. The molecule has 0 spiro atoms. The second kappa shape index (κ2) is 7.67. The second-order valence-corrected chi connectivity index (χ2v) is 7.75. The fourth-order valence-electron chi connectivity index (χ4n) is 2.61. The first kappa shape index (κ1) is 18.3. The van der Waals surface area contributed by atoms with E-state index >= 15 is 0 Å².